The summed E-state index contributed by atoms with van der Waals surface area (Å²) >= 11 is 1.81. The van der Waals surface area contributed by atoms with Gasteiger partial charge >= 0.3 is 0 Å². The second-order valence-electron chi connectivity index (χ2n) is 3.47. The first-order chi connectivity index (χ1) is 6.20. The first kappa shape index (κ1) is 10.7. The molecule has 0 fully saturated rings. The van der Waals surface area contributed by atoms with Gasteiger partial charge in [-0.05, 0) is 43.8 Å². The van der Waals surface area contributed by atoms with Crippen molar-refractivity contribution in [1.82, 2.24) is 5.32 Å². The maximum atomic E-state index is 5.64. The molecule has 3 N–H and O–H groups in total. The van der Waals surface area contributed by atoms with Crippen LogP contribution in [0.5, 0.6) is 0 Å². The van der Waals surface area contributed by atoms with E-state index in [2.05, 4.69) is 23.7 Å². The Bertz CT molecular complexity index is 243. The van der Waals surface area contributed by atoms with Gasteiger partial charge in [0.25, 0.3) is 0 Å². The molecule has 0 amide bonds. The SMILES string of the molecule is Cc1ccsc1CNCCC(C)N. The molecule has 13 heavy (non-hydrogen) atoms. The molecule has 0 aliphatic rings. The predicted octanol–water partition coefficient (Wildman–Crippen LogP) is 1.88. The van der Waals surface area contributed by atoms with Gasteiger partial charge in [-0.3, -0.25) is 0 Å². The van der Waals surface area contributed by atoms with Crippen molar-refractivity contribution in [3.8, 4) is 0 Å². The lowest BCUT2D eigenvalue weighted by Crippen LogP contribution is -2.23. The van der Waals surface area contributed by atoms with Crippen LogP contribution in [0.15, 0.2) is 11.4 Å². The van der Waals surface area contributed by atoms with E-state index < -0.39 is 0 Å². The summed E-state index contributed by atoms with van der Waals surface area (Å²) in [6, 6.07) is 2.46. The lowest BCUT2D eigenvalue weighted by atomic mass is 10.2. The molecule has 1 unspecified atom stereocenters. The van der Waals surface area contributed by atoms with Gasteiger partial charge in [-0.2, -0.15) is 0 Å². The van der Waals surface area contributed by atoms with Crippen LogP contribution in [0.3, 0.4) is 0 Å². The smallest absolute Gasteiger partial charge is 0.0302 e. The van der Waals surface area contributed by atoms with Gasteiger partial charge in [0.05, 0.1) is 0 Å². The molecule has 74 valence electrons. The van der Waals surface area contributed by atoms with Gasteiger partial charge in [0.15, 0.2) is 0 Å². The zero-order chi connectivity index (χ0) is 9.68. The van der Waals surface area contributed by atoms with E-state index in [0.29, 0.717) is 6.04 Å². The van der Waals surface area contributed by atoms with Crippen molar-refractivity contribution in [2.45, 2.75) is 32.9 Å². The third-order valence-corrected chi connectivity index (χ3v) is 3.05. The van der Waals surface area contributed by atoms with E-state index in [1.54, 1.807) is 0 Å². The van der Waals surface area contributed by atoms with E-state index in [0.717, 1.165) is 19.5 Å². The molecule has 3 heteroatoms. The first-order valence-electron chi connectivity index (χ1n) is 4.69. The fourth-order valence-corrected chi connectivity index (χ4v) is 1.99. The average Bonchev–Trinajstić information content (AvgIpc) is 2.45. The maximum Gasteiger partial charge on any atom is 0.0302 e. The number of hydrogen-bond acceptors (Lipinski definition) is 3. The third kappa shape index (κ3) is 3.89. The lowest BCUT2D eigenvalue weighted by molar-refractivity contribution is 0.591. The number of nitrogens with two attached hydrogens (primary N) is 1. The lowest BCUT2D eigenvalue weighted by Gasteiger charge is -2.06. The Balaban J connectivity index is 2.17. The summed E-state index contributed by atoms with van der Waals surface area (Å²) in [7, 11) is 0. The van der Waals surface area contributed by atoms with Crippen LogP contribution >= 0.6 is 11.3 Å². The molecule has 1 rings (SSSR count). The fraction of sp³-hybridized carbons (Fsp3) is 0.600. The number of thiophene rings is 1. The Labute approximate surface area is 84.2 Å². The van der Waals surface area contributed by atoms with Crippen molar-refractivity contribution in [2.24, 2.45) is 5.73 Å². The largest absolute Gasteiger partial charge is 0.328 e. The van der Waals surface area contributed by atoms with Crippen molar-refractivity contribution < 1.29 is 0 Å². The highest BCUT2D eigenvalue weighted by atomic mass is 32.1. The number of nitrogens with one attached hydrogen (secondary N) is 1. The highest BCUT2D eigenvalue weighted by Gasteiger charge is 1.98. The Morgan fingerprint density at radius 3 is 2.92 bits per heavy atom. The molecule has 0 aliphatic heterocycles. The normalized spacial score (nSPS) is 13.2. The van der Waals surface area contributed by atoms with Crippen LogP contribution in [0.1, 0.15) is 23.8 Å². The van der Waals surface area contributed by atoms with E-state index in [9.17, 15) is 0 Å². The van der Waals surface area contributed by atoms with E-state index in [1.165, 1.54) is 10.4 Å². The molecule has 0 saturated carbocycles. The molecule has 0 bridgehead atoms. The van der Waals surface area contributed by atoms with Gasteiger partial charge in [-0.25, -0.2) is 0 Å². The second-order valence-corrected chi connectivity index (χ2v) is 4.47. The van der Waals surface area contributed by atoms with E-state index in [4.69, 9.17) is 5.73 Å². The van der Waals surface area contributed by atoms with Crippen molar-refractivity contribution in [1.29, 1.82) is 0 Å². The maximum absolute atomic E-state index is 5.64. The molecule has 0 saturated heterocycles. The molecule has 1 heterocycles. The summed E-state index contributed by atoms with van der Waals surface area (Å²) in [5, 5.41) is 5.53. The van der Waals surface area contributed by atoms with Gasteiger partial charge in [-0.15, -0.1) is 11.3 Å². The minimum atomic E-state index is 0.303. The minimum Gasteiger partial charge on any atom is -0.328 e. The van der Waals surface area contributed by atoms with Crippen LogP contribution in [-0.4, -0.2) is 12.6 Å². The highest BCUT2D eigenvalue weighted by molar-refractivity contribution is 7.10. The third-order valence-electron chi connectivity index (χ3n) is 2.03. The van der Waals surface area contributed by atoms with Crippen molar-refractivity contribution in [3.05, 3.63) is 21.9 Å². The van der Waals surface area contributed by atoms with Gasteiger partial charge in [0, 0.05) is 17.5 Å². The molecule has 0 radical (unpaired) electrons. The molecule has 1 aromatic heterocycles. The molecule has 2 nitrogen and oxygen atoms in total. The van der Waals surface area contributed by atoms with Crippen LogP contribution in [0, 0.1) is 6.92 Å². The highest BCUT2D eigenvalue weighted by Crippen LogP contribution is 2.14. The Morgan fingerprint density at radius 2 is 2.38 bits per heavy atom. The van der Waals surface area contributed by atoms with Gasteiger partial charge < -0.3 is 11.1 Å². The zero-order valence-corrected chi connectivity index (χ0v) is 9.16. The number of hydrogen-bond donors (Lipinski definition) is 2. The molecular formula is C10H18N2S. The summed E-state index contributed by atoms with van der Waals surface area (Å²) in [5.74, 6) is 0. The van der Waals surface area contributed by atoms with Crippen LogP contribution in [0.25, 0.3) is 0 Å². The molecular weight excluding hydrogens is 180 g/mol. The van der Waals surface area contributed by atoms with Crippen molar-refractivity contribution >= 4 is 11.3 Å². The first-order valence-corrected chi connectivity index (χ1v) is 5.57. The molecule has 0 aromatic carbocycles. The summed E-state index contributed by atoms with van der Waals surface area (Å²) in [5.41, 5.74) is 7.03. The molecule has 0 spiro atoms. The van der Waals surface area contributed by atoms with Crippen LogP contribution in [-0.2, 0) is 6.54 Å². The average molecular weight is 198 g/mol. The summed E-state index contributed by atoms with van der Waals surface area (Å²) in [6.07, 6.45) is 1.05. The molecule has 1 aromatic rings. The van der Waals surface area contributed by atoms with Crippen molar-refractivity contribution in [2.75, 3.05) is 6.54 Å². The van der Waals surface area contributed by atoms with E-state index in [-0.39, 0.29) is 0 Å². The van der Waals surface area contributed by atoms with E-state index >= 15 is 0 Å². The van der Waals surface area contributed by atoms with Crippen molar-refractivity contribution in [3.63, 3.8) is 0 Å². The zero-order valence-electron chi connectivity index (χ0n) is 8.34. The van der Waals surface area contributed by atoms with Crippen LogP contribution < -0.4 is 11.1 Å². The topological polar surface area (TPSA) is 38.0 Å². The van der Waals surface area contributed by atoms with E-state index in [1.807, 2.05) is 18.3 Å². The Hall–Kier alpha value is -0.380. The second kappa shape index (κ2) is 5.37. The van der Waals surface area contributed by atoms with Gasteiger partial charge in [-0.1, -0.05) is 0 Å². The fourth-order valence-electron chi connectivity index (χ4n) is 1.12. The monoisotopic (exact) mass is 198 g/mol. The van der Waals surface area contributed by atoms with Crippen LogP contribution in [0.2, 0.25) is 0 Å². The standard InChI is InChI=1S/C10H18N2S/c1-8-4-6-13-10(8)7-12-5-3-9(2)11/h4,6,9,12H,3,5,7,11H2,1-2H3. The molecule has 0 aliphatic carbocycles. The number of aryl methyl sites for hydroxylation is 1. The quantitative estimate of drug-likeness (QED) is 0.709. The molecule has 1 atom stereocenters. The predicted molar refractivity (Wildman–Crippen MR) is 59.0 cm³/mol. The Morgan fingerprint density at radius 1 is 1.62 bits per heavy atom. The summed E-state index contributed by atoms with van der Waals surface area (Å²) in [4.78, 5) is 1.43. The Kier molecular flexibility index (Phi) is 4.42. The summed E-state index contributed by atoms with van der Waals surface area (Å²) in [6.45, 7) is 6.18. The minimum absolute atomic E-state index is 0.303. The van der Waals surface area contributed by atoms with Gasteiger partial charge in [0.1, 0.15) is 0 Å². The summed E-state index contributed by atoms with van der Waals surface area (Å²) < 4.78 is 0. The van der Waals surface area contributed by atoms with Gasteiger partial charge in [0.2, 0.25) is 0 Å². The number of rotatable bonds is 5. The van der Waals surface area contributed by atoms with Crippen LogP contribution in [0.4, 0.5) is 0 Å².